The highest BCUT2D eigenvalue weighted by atomic mass is 127. The molecule has 1 N–H and O–H groups in total. The molecule has 1 atom stereocenters. The Labute approximate surface area is 117 Å². The Kier molecular flexibility index (Phi) is 5.39. The molecule has 0 saturated carbocycles. The van der Waals surface area contributed by atoms with Gasteiger partial charge in [0.2, 0.25) is 0 Å². The number of hydrogen-bond donors (Lipinski definition) is 1. The van der Waals surface area contributed by atoms with Crippen LogP contribution in [0.25, 0.3) is 0 Å². The molecular weight excluding hydrogens is 327 g/mol. The molecule has 0 aliphatic rings. The van der Waals surface area contributed by atoms with Gasteiger partial charge in [-0.1, -0.05) is 11.6 Å². The zero-order chi connectivity index (χ0) is 13.0. The molecule has 94 valence electrons. The third kappa shape index (κ3) is 4.27. The molecule has 0 aliphatic carbocycles. The van der Waals surface area contributed by atoms with Crippen molar-refractivity contribution in [3.8, 4) is 0 Å². The van der Waals surface area contributed by atoms with Crippen molar-refractivity contribution in [2.45, 2.75) is 19.9 Å². The van der Waals surface area contributed by atoms with E-state index in [2.05, 4.69) is 39.7 Å². The lowest BCUT2D eigenvalue weighted by Gasteiger charge is -2.20. The molecule has 0 unspecified atom stereocenters. The van der Waals surface area contributed by atoms with Gasteiger partial charge in [-0.2, -0.15) is 0 Å². The van der Waals surface area contributed by atoms with Crippen molar-refractivity contribution in [1.82, 2.24) is 10.2 Å². The molecule has 0 saturated heterocycles. The first-order valence-corrected chi connectivity index (χ1v) is 6.70. The standard InChI is InChI=1S/C13H19IN2O/c1-9-5-6-12(14)11(7-9)13(17)15-8-10(2)16(3)4/h5-7,10H,8H2,1-4H3,(H,15,17)/t10-/m0/s1. The van der Waals surface area contributed by atoms with Gasteiger partial charge in [-0.15, -0.1) is 0 Å². The number of carbonyl (C=O) groups excluding carboxylic acids is 1. The number of likely N-dealkylation sites (N-methyl/N-ethyl adjacent to an activating group) is 1. The average Bonchev–Trinajstić information content (AvgIpc) is 2.28. The molecule has 0 fully saturated rings. The van der Waals surface area contributed by atoms with Gasteiger partial charge in [0.1, 0.15) is 0 Å². The molecule has 17 heavy (non-hydrogen) atoms. The second kappa shape index (κ2) is 6.35. The van der Waals surface area contributed by atoms with E-state index in [0.717, 1.165) is 14.7 Å². The van der Waals surface area contributed by atoms with Crippen molar-refractivity contribution in [2.75, 3.05) is 20.6 Å². The van der Waals surface area contributed by atoms with E-state index in [0.29, 0.717) is 12.6 Å². The maximum absolute atomic E-state index is 12.0. The largest absolute Gasteiger partial charge is 0.350 e. The van der Waals surface area contributed by atoms with Gasteiger partial charge in [0.25, 0.3) is 5.91 Å². The lowest BCUT2D eigenvalue weighted by Crippen LogP contribution is -2.38. The van der Waals surface area contributed by atoms with Gasteiger partial charge in [-0.25, -0.2) is 0 Å². The Bertz CT molecular complexity index is 404. The minimum absolute atomic E-state index is 0.00630. The summed E-state index contributed by atoms with van der Waals surface area (Å²) in [6.45, 7) is 4.74. The number of nitrogens with one attached hydrogen (secondary N) is 1. The van der Waals surface area contributed by atoms with Gasteiger partial charge in [0.15, 0.2) is 0 Å². The quantitative estimate of drug-likeness (QED) is 0.849. The van der Waals surface area contributed by atoms with Crippen LogP contribution in [0.5, 0.6) is 0 Å². The van der Waals surface area contributed by atoms with Gasteiger partial charge < -0.3 is 10.2 Å². The fourth-order valence-electron chi connectivity index (χ4n) is 1.33. The number of halogens is 1. The molecule has 0 heterocycles. The van der Waals surface area contributed by atoms with E-state index in [9.17, 15) is 4.79 Å². The average molecular weight is 346 g/mol. The van der Waals surface area contributed by atoms with Crippen molar-refractivity contribution >= 4 is 28.5 Å². The molecule has 4 heteroatoms. The monoisotopic (exact) mass is 346 g/mol. The van der Waals surface area contributed by atoms with Crippen LogP contribution >= 0.6 is 22.6 Å². The van der Waals surface area contributed by atoms with E-state index >= 15 is 0 Å². The van der Waals surface area contributed by atoms with Crippen molar-refractivity contribution in [1.29, 1.82) is 0 Å². The van der Waals surface area contributed by atoms with Crippen molar-refractivity contribution < 1.29 is 4.79 Å². The first kappa shape index (κ1) is 14.4. The maximum atomic E-state index is 12.0. The molecular formula is C13H19IN2O. The minimum Gasteiger partial charge on any atom is -0.350 e. The fraction of sp³-hybridized carbons (Fsp3) is 0.462. The third-order valence-corrected chi connectivity index (χ3v) is 3.75. The molecule has 0 aromatic heterocycles. The zero-order valence-electron chi connectivity index (χ0n) is 10.7. The van der Waals surface area contributed by atoms with E-state index in [1.54, 1.807) is 0 Å². The normalized spacial score (nSPS) is 12.6. The van der Waals surface area contributed by atoms with Crippen LogP contribution in [0.3, 0.4) is 0 Å². The maximum Gasteiger partial charge on any atom is 0.252 e. The predicted octanol–water partition coefficient (Wildman–Crippen LogP) is 2.28. The summed E-state index contributed by atoms with van der Waals surface area (Å²) in [6.07, 6.45) is 0. The Balaban J connectivity index is 2.67. The van der Waals surface area contributed by atoms with Crippen molar-refractivity contribution in [3.63, 3.8) is 0 Å². The second-order valence-electron chi connectivity index (χ2n) is 4.51. The van der Waals surface area contributed by atoms with Crippen LogP contribution < -0.4 is 5.32 Å². The van der Waals surface area contributed by atoms with E-state index in [1.807, 2.05) is 39.2 Å². The van der Waals surface area contributed by atoms with Crippen molar-refractivity contribution in [3.05, 3.63) is 32.9 Å². The highest BCUT2D eigenvalue weighted by Gasteiger charge is 2.11. The molecule has 1 aromatic carbocycles. The summed E-state index contributed by atoms with van der Waals surface area (Å²) in [6, 6.07) is 6.25. The van der Waals surface area contributed by atoms with Crippen LogP contribution in [0.1, 0.15) is 22.8 Å². The lowest BCUT2D eigenvalue weighted by molar-refractivity contribution is 0.0942. The molecule has 3 nitrogen and oxygen atoms in total. The number of amides is 1. The van der Waals surface area contributed by atoms with Crippen LogP contribution in [0.2, 0.25) is 0 Å². The van der Waals surface area contributed by atoms with E-state index in [1.165, 1.54) is 0 Å². The SMILES string of the molecule is Cc1ccc(I)c(C(=O)NC[C@H](C)N(C)C)c1. The summed E-state index contributed by atoms with van der Waals surface area (Å²) in [5.41, 5.74) is 1.87. The zero-order valence-corrected chi connectivity index (χ0v) is 12.9. The number of nitrogens with zero attached hydrogens (tertiary/aromatic N) is 1. The molecule has 1 aromatic rings. The number of carbonyl (C=O) groups is 1. The third-order valence-electron chi connectivity index (χ3n) is 2.81. The number of rotatable bonds is 4. The highest BCUT2D eigenvalue weighted by molar-refractivity contribution is 14.1. The van der Waals surface area contributed by atoms with E-state index < -0.39 is 0 Å². The summed E-state index contributed by atoms with van der Waals surface area (Å²) in [4.78, 5) is 14.1. The summed E-state index contributed by atoms with van der Waals surface area (Å²) in [5, 5.41) is 2.96. The molecule has 0 spiro atoms. The van der Waals surface area contributed by atoms with Gasteiger partial charge in [-0.05, 0) is 62.7 Å². The number of hydrogen-bond acceptors (Lipinski definition) is 2. The summed E-state index contributed by atoms with van der Waals surface area (Å²) in [5.74, 6) is 0.00630. The second-order valence-corrected chi connectivity index (χ2v) is 5.67. The highest BCUT2D eigenvalue weighted by Crippen LogP contribution is 2.13. The van der Waals surface area contributed by atoms with Gasteiger partial charge in [0.05, 0.1) is 5.56 Å². The van der Waals surface area contributed by atoms with Crippen molar-refractivity contribution in [2.24, 2.45) is 0 Å². The van der Waals surface area contributed by atoms with E-state index in [4.69, 9.17) is 0 Å². The summed E-state index contributed by atoms with van der Waals surface area (Å²) in [7, 11) is 4.01. The van der Waals surface area contributed by atoms with Crippen LogP contribution in [0.15, 0.2) is 18.2 Å². The molecule has 0 bridgehead atoms. The molecule has 1 amide bonds. The van der Waals surface area contributed by atoms with Crippen LogP contribution in [0, 0.1) is 10.5 Å². The Morgan fingerprint density at radius 1 is 1.47 bits per heavy atom. The number of aryl methyl sites for hydroxylation is 1. The Morgan fingerprint density at radius 3 is 2.71 bits per heavy atom. The fourth-order valence-corrected chi connectivity index (χ4v) is 1.91. The molecule has 0 aliphatic heterocycles. The topological polar surface area (TPSA) is 32.3 Å². The van der Waals surface area contributed by atoms with Crippen LogP contribution in [0.4, 0.5) is 0 Å². The van der Waals surface area contributed by atoms with Crippen LogP contribution in [-0.4, -0.2) is 37.5 Å². The van der Waals surface area contributed by atoms with Gasteiger partial charge in [-0.3, -0.25) is 4.79 Å². The molecule has 1 rings (SSSR count). The lowest BCUT2D eigenvalue weighted by atomic mass is 10.1. The Hall–Kier alpha value is -0.620. The van der Waals surface area contributed by atoms with E-state index in [-0.39, 0.29) is 5.91 Å². The Morgan fingerprint density at radius 2 is 2.12 bits per heavy atom. The number of benzene rings is 1. The molecule has 0 radical (unpaired) electrons. The first-order valence-electron chi connectivity index (χ1n) is 5.62. The first-order chi connectivity index (χ1) is 7.91. The smallest absolute Gasteiger partial charge is 0.252 e. The van der Waals surface area contributed by atoms with Crippen LogP contribution in [-0.2, 0) is 0 Å². The summed E-state index contributed by atoms with van der Waals surface area (Å²) < 4.78 is 0.989. The minimum atomic E-state index is 0.00630. The predicted molar refractivity (Wildman–Crippen MR) is 79.4 cm³/mol. The van der Waals surface area contributed by atoms with Gasteiger partial charge in [0, 0.05) is 16.2 Å². The van der Waals surface area contributed by atoms with Gasteiger partial charge >= 0.3 is 0 Å². The summed E-state index contributed by atoms with van der Waals surface area (Å²) >= 11 is 2.19.